The van der Waals surface area contributed by atoms with Crippen LogP contribution in [0.5, 0.6) is 0 Å². The van der Waals surface area contributed by atoms with Crippen molar-refractivity contribution in [3.05, 3.63) is 29.7 Å². The second-order valence-electron chi connectivity index (χ2n) is 5.22. The molecule has 1 aliphatic rings. The number of hydrogen-bond acceptors (Lipinski definition) is 4. The summed E-state index contributed by atoms with van der Waals surface area (Å²) in [5.74, 6) is 0.753. The van der Waals surface area contributed by atoms with Crippen LogP contribution in [0.15, 0.2) is 22.6 Å². The Morgan fingerprint density at radius 1 is 1.55 bits per heavy atom. The van der Waals surface area contributed by atoms with E-state index in [2.05, 4.69) is 15.6 Å². The van der Waals surface area contributed by atoms with Crippen molar-refractivity contribution in [3.63, 3.8) is 0 Å². The molecule has 3 rings (SSSR count). The molecular weight excluding hydrogens is 254 g/mol. The summed E-state index contributed by atoms with van der Waals surface area (Å²) in [6.45, 7) is 3.51. The number of rotatable bonds is 4. The first-order valence-electron chi connectivity index (χ1n) is 7.10. The first-order valence-corrected chi connectivity index (χ1v) is 7.10. The minimum Gasteiger partial charge on any atom is -0.441 e. The lowest BCUT2D eigenvalue weighted by atomic mass is 10.2. The van der Waals surface area contributed by atoms with Crippen molar-refractivity contribution in [1.82, 2.24) is 15.6 Å². The van der Waals surface area contributed by atoms with E-state index in [9.17, 15) is 4.79 Å². The standard InChI is InChI=1S/C15H19N3O2/c1-10-4-2-6-12-14(10)18-13(20-12)7-9-17-15(19)11-5-3-8-16-11/h2,4,6,11,16H,3,5,7-9H2,1H3,(H,17,19)/t11-/m0/s1. The lowest BCUT2D eigenvalue weighted by Gasteiger charge is -2.09. The van der Waals surface area contributed by atoms with E-state index in [0.29, 0.717) is 18.9 Å². The van der Waals surface area contributed by atoms with Crippen LogP contribution in [-0.2, 0) is 11.2 Å². The molecule has 0 spiro atoms. The molecule has 0 aliphatic carbocycles. The number of oxazole rings is 1. The summed E-state index contributed by atoms with van der Waals surface area (Å²) < 4.78 is 5.68. The molecule has 0 radical (unpaired) electrons. The molecule has 1 amide bonds. The number of carbonyl (C=O) groups is 1. The van der Waals surface area contributed by atoms with Crippen LogP contribution in [0.4, 0.5) is 0 Å². The molecule has 5 heteroatoms. The maximum Gasteiger partial charge on any atom is 0.237 e. The maximum atomic E-state index is 11.8. The Balaban J connectivity index is 1.57. The highest BCUT2D eigenvalue weighted by Gasteiger charge is 2.21. The second kappa shape index (κ2) is 5.63. The molecule has 1 atom stereocenters. The number of carbonyl (C=O) groups excluding carboxylic acids is 1. The minimum absolute atomic E-state index is 0.0270. The largest absolute Gasteiger partial charge is 0.441 e. The van der Waals surface area contributed by atoms with Crippen molar-refractivity contribution in [2.24, 2.45) is 0 Å². The monoisotopic (exact) mass is 273 g/mol. The van der Waals surface area contributed by atoms with Gasteiger partial charge in [-0.05, 0) is 37.9 Å². The first kappa shape index (κ1) is 13.1. The van der Waals surface area contributed by atoms with Crippen LogP contribution in [0, 0.1) is 6.92 Å². The average molecular weight is 273 g/mol. The summed E-state index contributed by atoms with van der Waals surface area (Å²) in [5.41, 5.74) is 2.83. The number of nitrogens with one attached hydrogen (secondary N) is 2. The van der Waals surface area contributed by atoms with Gasteiger partial charge in [0.25, 0.3) is 0 Å². The summed E-state index contributed by atoms with van der Waals surface area (Å²) in [5, 5.41) is 6.11. The molecule has 2 aromatic rings. The van der Waals surface area contributed by atoms with Gasteiger partial charge in [-0.1, -0.05) is 12.1 Å². The molecule has 1 aliphatic heterocycles. The van der Waals surface area contributed by atoms with Crippen molar-refractivity contribution in [2.45, 2.75) is 32.2 Å². The zero-order valence-corrected chi connectivity index (χ0v) is 11.6. The van der Waals surface area contributed by atoms with Gasteiger partial charge in [0.2, 0.25) is 5.91 Å². The predicted octanol–water partition coefficient (Wildman–Crippen LogP) is 1.55. The van der Waals surface area contributed by atoms with E-state index in [-0.39, 0.29) is 11.9 Å². The minimum atomic E-state index is -0.0270. The fraction of sp³-hybridized carbons (Fsp3) is 0.467. The van der Waals surface area contributed by atoms with E-state index in [1.807, 2.05) is 25.1 Å². The van der Waals surface area contributed by atoms with Gasteiger partial charge in [0.1, 0.15) is 5.52 Å². The molecule has 20 heavy (non-hydrogen) atoms. The van der Waals surface area contributed by atoms with Gasteiger partial charge in [-0.3, -0.25) is 4.79 Å². The van der Waals surface area contributed by atoms with Crippen molar-refractivity contribution in [2.75, 3.05) is 13.1 Å². The molecule has 1 fully saturated rings. The zero-order chi connectivity index (χ0) is 13.9. The van der Waals surface area contributed by atoms with Gasteiger partial charge < -0.3 is 15.1 Å². The van der Waals surface area contributed by atoms with Crippen LogP contribution in [0.1, 0.15) is 24.3 Å². The number of nitrogens with zero attached hydrogens (tertiary/aromatic N) is 1. The third kappa shape index (κ3) is 2.67. The molecule has 1 aromatic carbocycles. The quantitative estimate of drug-likeness (QED) is 0.887. The van der Waals surface area contributed by atoms with E-state index in [0.717, 1.165) is 36.0 Å². The zero-order valence-electron chi connectivity index (χ0n) is 11.6. The van der Waals surface area contributed by atoms with Gasteiger partial charge in [0, 0.05) is 13.0 Å². The summed E-state index contributed by atoms with van der Waals surface area (Å²) in [6.07, 6.45) is 2.61. The van der Waals surface area contributed by atoms with Crippen molar-refractivity contribution in [1.29, 1.82) is 0 Å². The fourth-order valence-electron chi connectivity index (χ4n) is 2.56. The highest BCUT2D eigenvalue weighted by atomic mass is 16.3. The van der Waals surface area contributed by atoms with E-state index >= 15 is 0 Å². The van der Waals surface area contributed by atoms with Gasteiger partial charge in [0.15, 0.2) is 11.5 Å². The van der Waals surface area contributed by atoms with E-state index in [1.54, 1.807) is 0 Å². The van der Waals surface area contributed by atoms with Gasteiger partial charge in [-0.15, -0.1) is 0 Å². The van der Waals surface area contributed by atoms with Crippen molar-refractivity contribution in [3.8, 4) is 0 Å². The lowest BCUT2D eigenvalue weighted by molar-refractivity contribution is -0.122. The average Bonchev–Trinajstić information content (AvgIpc) is 3.07. The molecule has 0 saturated carbocycles. The smallest absolute Gasteiger partial charge is 0.237 e. The number of para-hydroxylation sites is 1. The Labute approximate surface area is 117 Å². The van der Waals surface area contributed by atoms with E-state index in [1.165, 1.54) is 0 Å². The highest BCUT2D eigenvalue weighted by Crippen LogP contribution is 2.18. The molecule has 0 bridgehead atoms. The third-order valence-corrected chi connectivity index (χ3v) is 3.68. The second-order valence-corrected chi connectivity index (χ2v) is 5.22. The van der Waals surface area contributed by atoms with Gasteiger partial charge in [-0.2, -0.15) is 0 Å². The third-order valence-electron chi connectivity index (χ3n) is 3.68. The Morgan fingerprint density at radius 2 is 2.45 bits per heavy atom. The molecule has 2 N–H and O–H groups in total. The highest BCUT2D eigenvalue weighted by molar-refractivity contribution is 5.82. The number of aromatic nitrogens is 1. The van der Waals surface area contributed by atoms with E-state index < -0.39 is 0 Å². The molecule has 1 saturated heterocycles. The van der Waals surface area contributed by atoms with Gasteiger partial charge in [0.05, 0.1) is 6.04 Å². The Kier molecular flexibility index (Phi) is 3.69. The summed E-state index contributed by atoms with van der Waals surface area (Å²) in [4.78, 5) is 16.3. The Hall–Kier alpha value is -1.88. The number of amides is 1. The summed E-state index contributed by atoms with van der Waals surface area (Å²) in [7, 11) is 0. The molecular formula is C15H19N3O2. The van der Waals surface area contributed by atoms with Gasteiger partial charge in [-0.25, -0.2) is 4.98 Å². The van der Waals surface area contributed by atoms with Crippen molar-refractivity contribution >= 4 is 17.0 Å². The topological polar surface area (TPSA) is 67.2 Å². The number of benzene rings is 1. The molecule has 0 unspecified atom stereocenters. The first-order chi connectivity index (χ1) is 9.74. The Morgan fingerprint density at radius 3 is 3.20 bits per heavy atom. The van der Waals surface area contributed by atoms with Crippen LogP contribution in [0.3, 0.4) is 0 Å². The number of fused-ring (bicyclic) bond motifs is 1. The fourth-order valence-corrected chi connectivity index (χ4v) is 2.56. The van der Waals surface area contributed by atoms with E-state index in [4.69, 9.17) is 4.42 Å². The lowest BCUT2D eigenvalue weighted by Crippen LogP contribution is -2.41. The van der Waals surface area contributed by atoms with Crippen LogP contribution >= 0.6 is 0 Å². The SMILES string of the molecule is Cc1cccc2oc(CCNC(=O)[C@@H]3CCCN3)nc12. The number of hydrogen-bond donors (Lipinski definition) is 2. The maximum absolute atomic E-state index is 11.8. The predicted molar refractivity (Wildman–Crippen MR) is 76.5 cm³/mol. The number of aryl methyl sites for hydroxylation is 1. The normalized spacial score (nSPS) is 18.6. The van der Waals surface area contributed by atoms with Crippen LogP contribution in [0.2, 0.25) is 0 Å². The van der Waals surface area contributed by atoms with Crippen molar-refractivity contribution < 1.29 is 9.21 Å². The molecule has 5 nitrogen and oxygen atoms in total. The van der Waals surface area contributed by atoms with Gasteiger partial charge >= 0.3 is 0 Å². The Bertz CT molecular complexity index is 615. The molecule has 2 heterocycles. The molecule has 1 aromatic heterocycles. The van der Waals surface area contributed by atoms with Crippen LogP contribution < -0.4 is 10.6 Å². The van der Waals surface area contributed by atoms with Crippen LogP contribution in [0.25, 0.3) is 11.1 Å². The summed E-state index contributed by atoms with van der Waals surface area (Å²) >= 11 is 0. The van der Waals surface area contributed by atoms with Crippen LogP contribution in [-0.4, -0.2) is 30.0 Å². The summed E-state index contributed by atoms with van der Waals surface area (Å²) in [6, 6.07) is 5.86. The molecule has 106 valence electrons.